The molecule has 0 spiro atoms. The van der Waals surface area contributed by atoms with Crippen molar-refractivity contribution in [2.75, 3.05) is 18.6 Å². The normalized spacial score (nSPS) is 11.2. The van der Waals surface area contributed by atoms with Crippen LogP contribution in [0.3, 0.4) is 0 Å². The van der Waals surface area contributed by atoms with Gasteiger partial charge in [-0.25, -0.2) is 4.98 Å². The molecule has 0 radical (unpaired) electrons. The first kappa shape index (κ1) is 12.4. The summed E-state index contributed by atoms with van der Waals surface area (Å²) in [5.41, 5.74) is 14.1. The topological polar surface area (TPSA) is 131 Å². The number of nitrogen functional groups attached to an aromatic ring is 2. The van der Waals surface area contributed by atoms with Crippen molar-refractivity contribution in [3.8, 4) is 0 Å². The van der Waals surface area contributed by atoms with Crippen LogP contribution in [0.25, 0.3) is 11.2 Å². The van der Waals surface area contributed by atoms with Crippen molar-refractivity contribution in [2.24, 2.45) is 0 Å². The van der Waals surface area contributed by atoms with Crippen molar-refractivity contribution < 1.29 is 9.26 Å². The largest absolute Gasteiger partial charge is 0.382 e. The van der Waals surface area contributed by atoms with Gasteiger partial charge in [-0.15, -0.1) is 0 Å². The van der Waals surface area contributed by atoms with Crippen molar-refractivity contribution in [3.63, 3.8) is 0 Å². The van der Waals surface area contributed by atoms with E-state index in [4.69, 9.17) is 20.7 Å². The van der Waals surface area contributed by atoms with Crippen LogP contribution in [-0.2, 0) is 17.9 Å². The Balaban J connectivity index is 2.00. The zero-order valence-corrected chi connectivity index (χ0v) is 10.8. The minimum atomic E-state index is 0.110. The Hall–Kier alpha value is -2.68. The lowest BCUT2D eigenvalue weighted by Gasteiger charge is -2.04. The Morgan fingerprint density at radius 1 is 1.35 bits per heavy atom. The van der Waals surface area contributed by atoms with Gasteiger partial charge >= 0.3 is 0 Å². The van der Waals surface area contributed by atoms with Gasteiger partial charge < -0.3 is 25.3 Å². The van der Waals surface area contributed by atoms with E-state index in [1.54, 1.807) is 24.3 Å². The second-order valence-corrected chi connectivity index (χ2v) is 4.23. The van der Waals surface area contributed by atoms with Gasteiger partial charge in [0.05, 0.1) is 19.5 Å². The molecule has 0 aliphatic rings. The lowest BCUT2D eigenvalue weighted by molar-refractivity contribution is 0.176. The third-order valence-corrected chi connectivity index (χ3v) is 2.86. The molecule has 0 bridgehead atoms. The monoisotopic (exact) mass is 275 g/mol. The molecule has 0 atom stereocenters. The minimum absolute atomic E-state index is 0.110. The number of imidazole rings is 1. The minimum Gasteiger partial charge on any atom is -0.382 e. The van der Waals surface area contributed by atoms with E-state index in [1.165, 1.54) is 0 Å². The number of anilines is 2. The molecule has 3 aromatic heterocycles. The summed E-state index contributed by atoms with van der Waals surface area (Å²) in [7, 11) is 1.60. The molecular formula is C11H13N7O2. The van der Waals surface area contributed by atoms with Crippen LogP contribution in [0.2, 0.25) is 0 Å². The van der Waals surface area contributed by atoms with Gasteiger partial charge in [0.2, 0.25) is 5.95 Å². The fourth-order valence-corrected chi connectivity index (χ4v) is 1.95. The molecule has 104 valence electrons. The van der Waals surface area contributed by atoms with Crippen LogP contribution in [0, 0.1) is 0 Å². The average Bonchev–Trinajstić information content (AvgIpc) is 2.99. The Kier molecular flexibility index (Phi) is 2.95. The molecule has 0 saturated heterocycles. The second-order valence-electron chi connectivity index (χ2n) is 4.23. The Morgan fingerprint density at radius 3 is 3.00 bits per heavy atom. The zero-order chi connectivity index (χ0) is 14.1. The summed E-state index contributed by atoms with van der Waals surface area (Å²) in [6.45, 7) is 0.853. The summed E-state index contributed by atoms with van der Waals surface area (Å²) in [4.78, 5) is 12.2. The van der Waals surface area contributed by atoms with E-state index >= 15 is 0 Å². The summed E-state index contributed by atoms with van der Waals surface area (Å²) >= 11 is 0. The van der Waals surface area contributed by atoms with Gasteiger partial charge in [-0.2, -0.15) is 9.97 Å². The first-order valence-corrected chi connectivity index (χ1v) is 5.84. The fourth-order valence-electron chi connectivity index (χ4n) is 1.95. The predicted octanol–water partition coefficient (Wildman–Crippen LogP) is 0.173. The predicted molar refractivity (Wildman–Crippen MR) is 70.5 cm³/mol. The van der Waals surface area contributed by atoms with Crippen molar-refractivity contribution >= 4 is 22.9 Å². The standard InChI is InChI=1S/C11H13N7O2/c1-19-4-7-6(3-20-17-7)2-18-5-14-8-9(12)15-11(13)16-10(8)18/h3,5H,2,4H2,1H3,(H4,12,13,15,16). The van der Waals surface area contributed by atoms with Crippen LogP contribution in [-0.4, -0.2) is 31.8 Å². The number of rotatable bonds is 4. The summed E-state index contributed by atoms with van der Waals surface area (Å²) in [5, 5.41) is 3.89. The molecule has 0 unspecified atom stereocenters. The Morgan fingerprint density at radius 2 is 2.20 bits per heavy atom. The third-order valence-electron chi connectivity index (χ3n) is 2.86. The first-order valence-electron chi connectivity index (χ1n) is 5.84. The number of methoxy groups -OCH3 is 1. The van der Waals surface area contributed by atoms with Crippen molar-refractivity contribution in [2.45, 2.75) is 13.2 Å². The van der Waals surface area contributed by atoms with Crippen LogP contribution in [0.5, 0.6) is 0 Å². The van der Waals surface area contributed by atoms with E-state index in [0.717, 1.165) is 11.3 Å². The van der Waals surface area contributed by atoms with E-state index < -0.39 is 0 Å². The average molecular weight is 275 g/mol. The molecule has 4 N–H and O–H groups in total. The summed E-state index contributed by atoms with van der Waals surface area (Å²) < 4.78 is 11.8. The van der Waals surface area contributed by atoms with Gasteiger partial charge in [0.25, 0.3) is 0 Å². The molecular weight excluding hydrogens is 262 g/mol. The quantitative estimate of drug-likeness (QED) is 0.689. The fraction of sp³-hybridized carbons (Fsp3) is 0.273. The molecule has 9 heteroatoms. The summed E-state index contributed by atoms with van der Waals surface area (Å²) in [6.07, 6.45) is 3.19. The third kappa shape index (κ3) is 2.03. The van der Waals surface area contributed by atoms with E-state index in [1.807, 2.05) is 0 Å². The number of nitrogens with zero attached hydrogens (tertiary/aromatic N) is 5. The molecule has 0 amide bonds. The summed E-state index contributed by atoms with van der Waals surface area (Å²) in [5.74, 6) is 0.368. The number of aromatic nitrogens is 5. The molecule has 20 heavy (non-hydrogen) atoms. The van der Waals surface area contributed by atoms with Crippen LogP contribution < -0.4 is 11.5 Å². The van der Waals surface area contributed by atoms with E-state index in [9.17, 15) is 0 Å². The van der Waals surface area contributed by atoms with Gasteiger partial charge in [-0.1, -0.05) is 5.16 Å². The molecule has 0 aliphatic heterocycles. The van der Waals surface area contributed by atoms with Gasteiger partial charge in [-0.05, 0) is 0 Å². The lowest BCUT2D eigenvalue weighted by Crippen LogP contribution is -2.05. The zero-order valence-electron chi connectivity index (χ0n) is 10.8. The molecule has 3 aromatic rings. The highest BCUT2D eigenvalue weighted by Gasteiger charge is 2.13. The van der Waals surface area contributed by atoms with Crippen molar-refractivity contribution in [1.82, 2.24) is 24.7 Å². The van der Waals surface area contributed by atoms with Gasteiger partial charge in [0.1, 0.15) is 17.5 Å². The highest BCUT2D eigenvalue weighted by molar-refractivity contribution is 5.82. The number of hydrogen-bond acceptors (Lipinski definition) is 8. The van der Waals surface area contributed by atoms with Gasteiger partial charge in [0.15, 0.2) is 11.5 Å². The van der Waals surface area contributed by atoms with Crippen LogP contribution in [0.4, 0.5) is 11.8 Å². The Bertz CT molecular complexity index is 748. The molecule has 3 rings (SSSR count). The van der Waals surface area contributed by atoms with Gasteiger partial charge in [0, 0.05) is 12.7 Å². The van der Waals surface area contributed by atoms with Gasteiger partial charge in [-0.3, -0.25) is 0 Å². The number of fused-ring (bicyclic) bond motifs is 1. The maximum atomic E-state index is 5.76. The number of hydrogen-bond donors (Lipinski definition) is 2. The Labute approximate surface area is 113 Å². The van der Waals surface area contributed by atoms with E-state index in [2.05, 4.69) is 20.1 Å². The van der Waals surface area contributed by atoms with E-state index in [0.29, 0.717) is 24.3 Å². The van der Waals surface area contributed by atoms with Crippen molar-refractivity contribution in [3.05, 3.63) is 23.8 Å². The lowest BCUT2D eigenvalue weighted by atomic mass is 10.2. The molecule has 0 aromatic carbocycles. The molecule has 0 fully saturated rings. The molecule has 0 aliphatic carbocycles. The first-order chi connectivity index (χ1) is 9.69. The van der Waals surface area contributed by atoms with E-state index in [-0.39, 0.29) is 11.8 Å². The highest BCUT2D eigenvalue weighted by Crippen LogP contribution is 2.19. The smallest absolute Gasteiger partial charge is 0.224 e. The van der Waals surface area contributed by atoms with Crippen LogP contribution >= 0.6 is 0 Å². The molecule has 0 saturated carbocycles. The highest BCUT2D eigenvalue weighted by atomic mass is 16.5. The number of ether oxygens (including phenoxy) is 1. The van der Waals surface area contributed by atoms with Crippen LogP contribution in [0.15, 0.2) is 17.1 Å². The number of nitrogens with two attached hydrogens (primary N) is 2. The van der Waals surface area contributed by atoms with Crippen LogP contribution in [0.1, 0.15) is 11.3 Å². The maximum absolute atomic E-state index is 5.76. The molecule has 9 nitrogen and oxygen atoms in total. The second kappa shape index (κ2) is 4.78. The SMILES string of the molecule is COCc1nocc1Cn1cnc2c(N)nc(N)nc21. The summed E-state index contributed by atoms with van der Waals surface area (Å²) in [6, 6.07) is 0. The maximum Gasteiger partial charge on any atom is 0.224 e. The molecule has 3 heterocycles. The van der Waals surface area contributed by atoms with Crippen molar-refractivity contribution in [1.29, 1.82) is 0 Å².